The number of nitrogens with zero attached hydrogens (tertiary/aromatic N) is 1. The second kappa shape index (κ2) is 6.36. The van der Waals surface area contributed by atoms with Crippen LogP contribution >= 0.6 is 0 Å². The Hall–Kier alpha value is -0.610. The highest BCUT2D eigenvalue weighted by Gasteiger charge is 2.32. The largest absolute Gasteiger partial charge is 0.396 e. The maximum atomic E-state index is 12.4. The van der Waals surface area contributed by atoms with E-state index in [-0.39, 0.29) is 12.6 Å². The molecule has 0 bridgehead atoms. The minimum absolute atomic E-state index is 0.0541. The van der Waals surface area contributed by atoms with Crippen molar-refractivity contribution in [3.8, 4) is 0 Å². The molecule has 0 aromatic rings. The minimum atomic E-state index is 0.0541. The lowest BCUT2D eigenvalue weighted by Gasteiger charge is -2.31. The van der Waals surface area contributed by atoms with Gasteiger partial charge < -0.3 is 15.3 Å². The lowest BCUT2D eigenvalue weighted by Crippen LogP contribution is -2.50. The molecule has 0 saturated carbocycles. The van der Waals surface area contributed by atoms with Crippen LogP contribution in [0.5, 0.6) is 0 Å². The fourth-order valence-corrected chi connectivity index (χ4v) is 3.02. The molecule has 0 aromatic carbocycles. The molecule has 0 radical (unpaired) electrons. The fourth-order valence-electron chi connectivity index (χ4n) is 3.02. The Labute approximate surface area is 103 Å². The molecule has 2 rings (SSSR count). The summed E-state index contributed by atoms with van der Waals surface area (Å²) in [6.45, 7) is 2.12. The molecule has 2 saturated heterocycles. The van der Waals surface area contributed by atoms with Crippen molar-refractivity contribution in [2.45, 2.75) is 57.0 Å². The third-order valence-corrected chi connectivity index (χ3v) is 3.96. The Morgan fingerprint density at radius 3 is 2.88 bits per heavy atom. The zero-order valence-corrected chi connectivity index (χ0v) is 10.5. The number of carbonyl (C=O) groups excluding carboxylic acids is 1. The first-order chi connectivity index (χ1) is 8.33. The molecule has 2 N–H and O–H groups in total. The number of piperidine rings is 1. The van der Waals surface area contributed by atoms with Gasteiger partial charge in [-0.2, -0.15) is 0 Å². The molecule has 2 aliphatic rings. The number of likely N-dealkylation sites (tertiary alicyclic amines) is 1. The monoisotopic (exact) mass is 240 g/mol. The molecule has 1 amide bonds. The second-order valence-electron chi connectivity index (χ2n) is 5.20. The summed E-state index contributed by atoms with van der Waals surface area (Å²) in [7, 11) is 0. The van der Waals surface area contributed by atoms with Crippen LogP contribution in [0, 0.1) is 0 Å². The summed E-state index contributed by atoms with van der Waals surface area (Å²) >= 11 is 0. The van der Waals surface area contributed by atoms with Gasteiger partial charge in [-0.3, -0.25) is 4.79 Å². The van der Waals surface area contributed by atoms with Crippen LogP contribution in [-0.2, 0) is 4.79 Å². The number of hydrogen-bond acceptors (Lipinski definition) is 3. The third-order valence-electron chi connectivity index (χ3n) is 3.96. The molecule has 2 heterocycles. The van der Waals surface area contributed by atoms with Gasteiger partial charge in [0.2, 0.25) is 5.91 Å². The van der Waals surface area contributed by atoms with Crippen LogP contribution < -0.4 is 5.32 Å². The fraction of sp³-hybridized carbons (Fsp3) is 0.923. The van der Waals surface area contributed by atoms with Gasteiger partial charge in [-0.05, 0) is 45.1 Å². The summed E-state index contributed by atoms with van der Waals surface area (Å²) in [4.78, 5) is 14.4. The average Bonchev–Trinajstić information content (AvgIpc) is 2.84. The lowest BCUT2D eigenvalue weighted by molar-refractivity contribution is -0.135. The van der Waals surface area contributed by atoms with E-state index in [1.807, 2.05) is 0 Å². The van der Waals surface area contributed by atoms with Crippen LogP contribution in [0.1, 0.15) is 44.9 Å². The number of amides is 1. The summed E-state index contributed by atoms with van der Waals surface area (Å²) in [5, 5.41) is 12.2. The van der Waals surface area contributed by atoms with E-state index in [0.717, 1.165) is 45.2 Å². The van der Waals surface area contributed by atoms with Crippen LogP contribution in [0.2, 0.25) is 0 Å². The summed E-state index contributed by atoms with van der Waals surface area (Å²) in [5.74, 6) is 0.296. The van der Waals surface area contributed by atoms with E-state index in [2.05, 4.69) is 10.2 Å². The van der Waals surface area contributed by atoms with Gasteiger partial charge in [0.15, 0.2) is 0 Å². The summed E-state index contributed by atoms with van der Waals surface area (Å²) in [6, 6.07) is 0.428. The van der Waals surface area contributed by atoms with E-state index in [4.69, 9.17) is 5.11 Å². The van der Waals surface area contributed by atoms with E-state index >= 15 is 0 Å². The highest BCUT2D eigenvalue weighted by Crippen LogP contribution is 2.23. The van der Waals surface area contributed by atoms with E-state index in [0.29, 0.717) is 11.9 Å². The highest BCUT2D eigenvalue weighted by molar-refractivity contribution is 5.82. The Morgan fingerprint density at radius 2 is 2.18 bits per heavy atom. The molecular weight excluding hydrogens is 216 g/mol. The van der Waals surface area contributed by atoms with Crippen LogP contribution in [-0.4, -0.2) is 47.7 Å². The number of hydrogen-bond donors (Lipinski definition) is 2. The predicted molar refractivity (Wildman–Crippen MR) is 66.7 cm³/mol. The quantitative estimate of drug-likeness (QED) is 0.767. The SMILES string of the molecule is O=C(C1CCCCN1)N1CCCC1CCCO. The molecule has 98 valence electrons. The first kappa shape index (κ1) is 12.8. The van der Waals surface area contributed by atoms with E-state index in [9.17, 15) is 4.79 Å². The molecule has 2 unspecified atom stereocenters. The van der Waals surface area contributed by atoms with Crippen LogP contribution in [0.25, 0.3) is 0 Å². The number of aliphatic hydroxyl groups is 1. The number of nitrogens with one attached hydrogen (secondary N) is 1. The van der Waals surface area contributed by atoms with Gasteiger partial charge in [-0.1, -0.05) is 6.42 Å². The maximum Gasteiger partial charge on any atom is 0.239 e. The number of carbonyl (C=O) groups is 1. The van der Waals surface area contributed by atoms with Crippen molar-refractivity contribution < 1.29 is 9.90 Å². The van der Waals surface area contributed by atoms with Gasteiger partial charge in [-0.25, -0.2) is 0 Å². The van der Waals surface area contributed by atoms with Crippen molar-refractivity contribution in [2.75, 3.05) is 19.7 Å². The first-order valence-electron chi connectivity index (χ1n) is 6.97. The Bertz CT molecular complexity index is 252. The van der Waals surface area contributed by atoms with Gasteiger partial charge in [-0.15, -0.1) is 0 Å². The molecule has 2 atom stereocenters. The van der Waals surface area contributed by atoms with Crippen molar-refractivity contribution in [2.24, 2.45) is 0 Å². The van der Waals surface area contributed by atoms with Crippen LogP contribution in [0.4, 0.5) is 0 Å². The first-order valence-corrected chi connectivity index (χ1v) is 6.97. The van der Waals surface area contributed by atoms with Crippen LogP contribution in [0.15, 0.2) is 0 Å². The van der Waals surface area contributed by atoms with E-state index in [1.54, 1.807) is 0 Å². The topological polar surface area (TPSA) is 52.6 Å². The van der Waals surface area contributed by atoms with Crippen molar-refractivity contribution in [1.82, 2.24) is 10.2 Å². The summed E-state index contributed by atoms with van der Waals surface area (Å²) in [6.07, 6.45) is 7.34. The van der Waals surface area contributed by atoms with Gasteiger partial charge in [0, 0.05) is 19.2 Å². The lowest BCUT2D eigenvalue weighted by atomic mass is 10.0. The molecule has 0 aliphatic carbocycles. The second-order valence-corrected chi connectivity index (χ2v) is 5.20. The molecule has 0 aromatic heterocycles. The Morgan fingerprint density at radius 1 is 1.29 bits per heavy atom. The molecule has 2 fully saturated rings. The van der Waals surface area contributed by atoms with Gasteiger partial charge in [0.1, 0.15) is 0 Å². The molecule has 4 heteroatoms. The van der Waals surface area contributed by atoms with Gasteiger partial charge in [0.25, 0.3) is 0 Å². The Balaban J connectivity index is 1.88. The van der Waals surface area contributed by atoms with E-state index in [1.165, 1.54) is 12.8 Å². The zero-order chi connectivity index (χ0) is 12.1. The third kappa shape index (κ3) is 3.19. The number of rotatable bonds is 4. The molecular formula is C13H24N2O2. The normalized spacial score (nSPS) is 29.6. The molecule has 17 heavy (non-hydrogen) atoms. The van der Waals surface area contributed by atoms with Gasteiger partial charge in [0.05, 0.1) is 6.04 Å². The standard InChI is InChI=1S/C13H24N2O2/c16-10-4-6-11-5-3-9-15(11)13(17)12-7-1-2-8-14-12/h11-12,14,16H,1-10H2. The van der Waals surface area contributed by atoms with Crippen LogP contribution in [0.3, 0.4) is 0 Å². The van der Waals surface area contributed by atoms with E-state index < -0.39 is 0 Å². The molecule has 4 nitrogen and oxygen atoms in total. The van der Waals surface area contributed by atoms with Gasteiger partial charge >= 0.3 is 0 Å². The number of aliphatic hydroxyl groups excluding tert-OH is 1. The average molecular weight is 240 g/mol. The molecule has 0 spiro atoms. The predicted octanol–water partition coefficient (Wildman–Crippen LogP) is 0.892. The smallest absolute Gasteiger partial charge is 0.239 e. The zero-order valence-electron chi connectivity index (χ0n) is 10.5. The van der Waals surface area contributed by atoms with Crippen molar-refractivity contribution >= 4 is 5.91 Å². The summed E-state index contributed by atoms with van der Waals surface area (Å²) in [5.41, 5.74) is 0. The maximum absolute atomic E-state index is 12.4. The van der Waals surface area contributed by atoms with Crippen molar-refractivity contribution in [1.29, 1.82) is 0 Å². The minimum Gasteiger partial charge on any atom is -0.396 e. The van der Waals surface area contributed by atoms with Crippen molar-refractivity contribution in [3.05, 3.63) is 0 Å². The molecule has 2 aliphatic heterocycles. The Kier molecular flexibility index (Phi) is 4.80. The summed E-state index contributed by atoms with van der Waals surface area (Å²) < 4.78 is 0. The van der Waals surface area contributed by atoms with Crippen molar-refractivity contribution in [3.63, 3.8) is 0 Å². The highest BCUT2D eigenvalue weighted by atomic mass is 16.3.